The van der Waals surface area contributed by atoms with E-state index in [1.165, 1.54) is 6.33 Å². The van der Waals surface area contributed by atoms with Crippen molar-refractivity contribution in [2.75, 3.05) is 11.9 Å². The number of rotatable bonds is 5. The molecule has 0 aromatic carbocycles. The van der Waals surface area contributed by atoms with E-state index >= 15 is 0 Å². The topological polar surface area (TPSA) is 47.0 Å². The van der Waals surface area contributed by atoms with Crippen molar-refractivity contribution in [2.24, 2.45) is 5.92 Å². The first-order chi connectivity index (χ1) is 10.8. The van der Waals surface area contributed by atoms with Crippen molar-refractivity contribution in [1.29, 1.82) is 0 Å². The van der Waals surface area contributed by atoms with Crippen LogP contribution in [-0.4, -0.2) is 34.9 Å². The second-order valence-electron chi connectivity index (χ2n) is 5.80. The monoisotopic (exact) mass is 351 g/mol. The summed E-state index contributed by atoms with van der Waals surface area (Å²) >= 11 is 6.14. The van der Waals surface area contributed by atoms with Crippen LogP contribution in [0.25, 0.3) is 0 Å². The zero-order chi connectivity index (χ0) is 17.0. The molecule has 0 amide bonds. The third-order valence-electron chi connectivity index (χ3n) is 4.17. The van der Waals surface area contributed by atoms with Crippen molar-refractivity contribution in [1.82, 2.24) is 9.97 Å². The Bertz CT molecular complexity index is 519. The lowest BCUT2D eigenvalue weighted by Gasteiger charge is -2.35. The Morgan fingerprint density at radius 2 is 1.96 bits per heavy atom. The molecule has 8 heteroatoms. The first kappa shape index (κ1) is 18.3. The van der Waals surface area contributed by atoms with E-state index in [1.54, 1.807) is 13.8 Å². The van der Waals surface area contributed by atoms with Crippen LogP contribution in [0.5, 0.6) is 0 Å². The molecular formula is C15H21ClF3N3O. The van der Waals surface area contributed by atoms with Crippen LogP contribution in [0.4, 0.5) is 19.0 Å². The standard InChI is InChI=1S/C15H21ClF3N3O/c1-3-23-13(15(17,18)19)10-4-6-11(7-5-10)22-14-12(16)9(2)20-8-21-14/h8,10-11,13H,3-7H2,1-2H3,(H,20,21,22). The number of nitrogens with zero attached hydrogens (tertiary/aromatic N) is 2. The van der Waals surface area contributed by atoms with Crippen LogP contribution in [-0.2, 0) is 4.74 Å². The van der Waals surface area contributed by atoms with Gasteiger partial charge in [0.05, 0.1) is 5.69 Å². The maximum absolute atomic E-state index is 13.1. The lowest BCUT2D eigenvalue weighted by atomic mass is 9.82. The highest BCUT2D eigenvalue weighted by atomic mass is 35.5. The summed E-state index contributed by atoms with van der Waals surface area (Å²) in [4.78, 5) is 8.09. The van der Waals surface area contributed by atoms with Gasteiger partial charge in [-0.3, -0.25) is 0 Å². The highest BCUT2D eigenvalue weighted by molar-refractivity contribution is 6.33. The molecule has 4 nitrogen and oxygen atoms in total. The fraction of sp³-hybridized carbons (Fsp3) is 0.733. The van der Waals surface area contributed by atoms with Gasteiger partial charge in [0.2, 0.25) is 0 Å². The van der Waals surface area contributed by atoms with E-state index in [9.17, 15) is 13.2 Å². The molecule has 1 heterocycles. The number of alkyl halides is 3. The van der Waals surface area contributed by atoms with Crippen molar-refractivity contribution in [3.63, 3.8) is 0 Å². The Morgan fingerprint density at radius 1 is 1.30 bits per heavy atom. The molecule has 1 aromatic heterocycles. The summed E-state index contributed by atoms with van der Waals surface area (Å²) in [5, 5.41) is 3.67. The summed E-state index contributed by atoms with van der Waals surface area (Å²) < 4.78 is 44.1. The summed E-state index contributed by atoms with van der Waals surface area (Å²) in [6.45, 7) is 3.44. The molecule has 23 heavy (non-hydrogen) atoms. The van der Waals surface area contributed by atoms with E-state index in [2.05, 4.69) is 15.3 Å². The molecule has 0 radical (unpaired) electrons. The van der Waals surface area contributed by atoms with Gasteiger partial charge in [0.1, 0.15) is 17.2 Å². The second-order valence-corrected chi connectivity index (χ2v) is 6.17. The van der Waals surface area contributed by atoms with Gasteiger partial charge in [-0.25, -0.2) is 9.97 Å². The van der Waals surface area contributed by atoms with Gasteiger partial charge in [-0.2, -0.15) is 13.2 Å². The van der Waals surface area contributed by atoms with Crippen LogP contribution in [0, 0.1) is 12.8 Å². The molecule has 1 fully saturated rings. The Hall–Kier alpha value is -1.08. The molecule has 2 rings (SSSR count). The number of ether oxygens (including phenoxy) is 1. The molecule has 1 saturated carbocycles. The number of aryl methyl sites for hydroxylation is 1. The molecule has 1 aliphatic rings. The van der Waals surface area contributed by atoms with E-state index in [1.807, 2.05) is 0 Å². The van der Waals surface area contributed by atoms with Crippen molar-refractivity contribution in [3.05, 3.63) is 17.0 Å². The van der Waals surface area contributed by atoms with Crippen LogP contribution < -0.4 is 5.32 Å². The number of halogens is 4. The fourth-order valence-electron chi connectivity index (χ4n) is 3.00. The Kier molecular flexibility index (Phi) is 6.08. The van der Waals surface area contributed by atoms with Gasteiger partial charge in [-0.05, 0) is 45.4 Å². The summed E-state index contributed by atoms with van der Waals surface area (Å²) in [5.41, 5.74) is 0.673. The predicted octanol–water partition coefficient (Wildman–Crippen LogP) is 4.38. The zero-order valence-corrected chi connectivity index (χ0v) is 13.9. The van der Waals surface area contributed by atoms with Crippen LogP contribution in [0.15, 0.2) is 6.33 Å². The SMILES string of the molecule is CCOC(C1CCC(Nc2ncnc(C)c2Cl)CC1)C(F)(F)F. The maximum Gasteiger partial charge on any atom is 0.414 e. The lowest BCUT2D eigenvalue weighted by Crippen LogP contribution is -2.41. The molecule has 1 N–H and O–H groups in total. The number of nitrogens with one attached hydrogen (secondary N) is 1. The average Bonchev–Trinajstić information content (AvgIpc) is 2.49. The van der Waals surface area contributed by atoms with Gasteiger partial charge in [0.25, 0.3) is 0 Å². The maximum atomic E-state index is 13.1. The summed E-state index contributed by atoms with van der Waals surface area (Å²) in [7, 11) is 0. The Balaban J connectivity index is 1.94. The third kappa shape index (κ3) is 4.70. The highest BCUT2D eigenvalue weighted by Crippen LogP contribution is 2.37. The normalized spacial score (nSPS) is 23.6. The van der Waals surface area contributed by atoms with Crippen LogP contribution in [0.3, 0.4) is 0 Å². The van der Waals surface area contributed by atoms with Gasteiger partial charge >= 0.3 is 6.18 Å². The third-order valence-corrected chi connectivity index (χ3v) is 4.63. The largest absolute Gasteiger partial charge is 0.414 e. The molecular weight excluding hydrogens is 331 g/mol. The van der Waals surface area contributed by atoms with E-state index in [0.717, 1.165) is 0 Å². The van der Waals surface area contributed by atoms with Gasteiger partial charge in [0.15, 0.2) is 6.10 Å². The number of aromatic nitrogens is 2. The lowest BCUT2D eigenvalue weighted by molar-refractivity contribution is -0.237. The Morgan fingerprint density at radius 3 is 2.52 bits per heavy atom. The first-order valence-corrected chi connectivity index (χ1v) is 8.12. The van der Waals surface area contributed by atoms with Gasteiger partial charge in [-0.15, -0.1) is 0 Å². The zero-order valence-electron chi connectivity index (χ0n) is 13.2. The van der Waals surface area contributed by atoms with E-state index in [0.29, 0.717) is 42.2 Å². The molecule has 1 aliphatic carbocycles. The molecule has 1 atom stereocenters. The van der Waals surface area contributed by atoms with E-state index in [-0.39, 0.29) is 12.6 Å². The minimum absolute atomic E-state index is 0.0635. The van der Waals surface area contributed by atoms with Gasteiger partial charge < -0.3 is 10.1 Å². The smallest absolute Gasteiger partial charge is 0.369 e. The van der Waals surface area contributed by atoms with E-state index < -0.39 is 18.2 Å². The molecule has 0 spiro atoms. The number of hydrogen-bond donors (Lipinski definition) is 1. The average molecular weight is 352 g/mol. The quantitative estimate of drug-likeness (QED) is 0.855. The summed E-state index contributed by atoms with van der Waals surface area (Å²) in [6.07, 6.45) is -2.38. The molecule has 0 aliphatic heterocycles. The van der Waals surface area contributed by atoms with Crippen LogP contribution >= 0.6 is 11.6 Å². The molecule has 0 saturated heterocycles. The Labute approximate surface area is 138 Å². The van der Waals surface area contributed by atoms with Gasteiger partial charge in [0, 0.05) is 12.6 Å². The molecule has 1 unspecified atom stereocenters. The second kappa shape index (κ2) is 7.66. The first-order valence-electron chi connectivity index (χ1n) is 7.74. The molecule has 1 aromatic rings. The summed E-state index contributed by atoms with van der Waals surface area (Å²) in [5.74, 6) is 0.0513. The predicted molar refractivity (Wildman–Crippen MR) is 82.6 cm³/mol. The number of hydrogen-bond acceptors (Lipinski definition) is 4. The van der Waals surface area contributed by atoms with E-state index in [4.69, 9.17) is 16.3 Å². The highest BCUT2D eigenvalue weighted by Gasteiger charge is 2.46. The fourth-order valence-corrected chi connectivity index (χ4v) is 3.15. The van der Waals surface area contributed by atoms with Crippen molar-refractivity contribution in [2.45, 2.75) is 57.9 Å². The van der Waals surface area contributed by atoms with Crippen molar-refractivity contribution < 1.29 is 17.9 Å². The minimum Gasteiger partial charge on any atom is -0.369 e. The molecule has 130 valence electrons. The van der Waals surface area contributed by atoms with Crippen LogP contribution in [0.2, 0.25) is 5.02 Å². The van der Waals surface area contributed by atoms with Crippen molar-refractivity contribution in [3.8, 4) is 0 Å². The van der Waals surface area contributed by atoms with Crippen molar-refractivity contribution >= 4 is 17.4 Å². The minimum atomic E-state index is -4.31. The molecule has 0 bridgehead atoms. The summed E-state index contributed by atoms with van der Waals surface area (Å²) in [6, 6.07) is 0.0635. The number of anilines is 1. The van der Waals surface area contributed by atoms with Gasteiger partial charge in [-0.1, -0.05) is 11.6 Å². The van der Waals surface area contributed by atoms with Crippen LogP contribution in [0.1, 0.15) is 38.3 Å².